The van der Waals surface area contributed by atoms with Gasteiger partial charge >= 0.3 is 0 Å². The molecule has 0 fully saturated rings. The maximum absolute atomic E-state index is 11.8. The van der Waals surface area contributed by atoms with Gasteiger partial charge in [0.25, 0.3) is 0 Å². The van der Waals surface area contributed by atoms with Gasteiger partial charge in [-0.15, -0.1) is 0 Å². The quantitative estimate of drug-likeness (QED) is 0.845. The smallest absolute Gasteiger partial charge is 0.224 e. The highest BCUT2D eigenvalue weighted by atomic mass is 16.2. The van der Waals surface area contributed by atoms with Crippen molar-refractivity contribution in [2.75, 3.05) is 11.9 Å². The average Bonchev–Trinajstić information content (AvgIpc) is 2.49. The zero-order valence-corrected chi connectivity index (χ0v) is 11.2. The van der Waals surface area contributed by atoms with Crippen molar-refractivity contribution < 1.29 is 9.90 Å². The summed E-state index contributed by atoms with van der Waals surface area (Å²) < 4.78 is 0. The first-order valence-corrected chi connectivity index (χ1v) is 6.67. The molecule has 2 N–H and O–H groups in total. The number of aliphatic hydroxyl groups excluding tert-OH is 1. The van der Waals surface area contributed by atoms with Crippen molar-refractivity contribution in [3.63, 3.8) is 0 Å². The SMILES string of the molecule is O=C(CCc1ccccn1)Nc1ccc(CCO)cc1. The van der Waals surface area contributed by atoms with Crippen LogP contribution >= 0.6 is 0 Å². The minimum Gasteiger partial charge on any atom is -0.396 e. The van der Waals surface area contributed by atoms with Gasteiger partial charge in [0.15, 0.2) is 0 Å². The molecule has 4 heteroatoms. The second-order valence-electron chi connectivity index (χ2n) is 4.54. The maximum Gasteiger partial charge on any atom is 0.224 e. The zero-order valence-electron chi connectivity index (χ0n) is 11.2. The second-order valence-corrected chi connectivity index (χ2v) is 4.54. The fraction of sp³-hybridized carbons (Fsp3) is 0.250. The molecule has 2 aromatic rings. The van der Waals surface area contributed by atoms with Crippen molar-refractivity contribution in [2.45, 2.75) is 19.3 Å². The lowest BCUT2D eigenvalue weighted by Gasteiger charge is -2.06. The summed E-state index contributed by atoms with van der Waals surface area (Å²) in [5, 5.41) is 11.7. The molecule has 0 radical (unpaired) electrons. The van der Waals surface area contributed by atoms with Crippen LogP contribution in [0.3, 0.4) is 0 Å². The molecule has 1 heterocycles. The molecule has 104 valence electrons. The number of carbonyl (C=O) groups excluding carboxylic acids is 1. The van der Waals surface area contributed by atoms with Crippen LogP contribution in [0.2, 0.25) is 0 Å². The molecule has 0 aliphatic carbocycles. The van der Waals surface area contributed by atoms with Crippen LogP contribution in [0.1, 0.15) is 17.7 Å². The molecular weight excluding hydrogens is 252 g/mol. The van der Waals surface area contributed by atoms with E-state index < -0.39 is 0 Å². The van der Waals surface area contributed by atoms with E-state index in [0.717, 1.165) is 16.9 Å². The average molecular weight is 270 g/mol. The van der Waals surface area contributed by atoms with Gasteiger partial charge in [-0.2, -0.15) is 0 Å². The normalized spacial score (nSPS) is 10.2. The highest BCUT2D eigenvalue weighted by Gasteiger charge is 2.03. The molecule has 0 unspecified atom stereocenters. The molecule has 1 aromatic carbocycles. The van der Waals surface area contributed by atoms with Gasteiger partial charge < -0.3 is 10.4 Å². The molecule has 1 amide bonds. The summed E-state index contributed by atoms with van der Waals surface area (Å²) in [6.07, 6.45) is 3.41. The number of pyridine rings is 1. The van der Waals surface area contributed by atoms with E-state index in [0.29, 0.717) is 19.3 Å². The van der Waals surface area contributed by atoms with Crippen LogP contribution in [0.25, 0.3) is 0 Å². The third-order valence-corrected chi connectivity index (χ3v) is 2.97. The molecule has 0 bridgehead atoms. The number of nitrogens with zero attached hydrogens (tertiary/aromatic N) is 1. The third kappa shape index (κ3) is 4.48. The number of benzene rings is 1. The van der Waals surface area contributed by atoms with E-state index in [4.69, 9.17) is 5.11 Å². The topological polar surface area (TPSA) is 62.2 Å². The number of nitrogens with one attached hydrogen (secondary N) is 1. The highest BCUT2D eigenvalue weighted by Crippen LogP contribution is 2.10. The van der Waals surface area contributed by atoms with Crippen LogP contribution in [-0.2, 0) is 17.6 Å². The van der Waals surface area contributed by atoms with Crippen molar-refractivity contribution in [3.8, 4) is 0 Å². The molecule has 0 saturated carbocycles. The second kappa shape index (κ2) is 7.40. The molecule has 20 heavy (non-hydrogen) atoms. The van der Waals surface area contributed by atoms with Gasteiger partial charge in [-0.1, -0.05) is 18.2 Å². The van der Waals surface area contributed by atoms with Crippen LogP contribution in [0.5, 0.6) is 0 Å². The fourth-order valence-corrected chi connectivity index (χ4v) is 1.89. The van der Waals surface area contributed by atoms with Gasteiger partial charge in [-0.3, -0.25) is 9.78 Å². The van der Waals surface area contributed by atoms with Crippen molar-refractivity contribution in [1.82, 2.24) is 4.98 Å². The van der Waals surface area contributed by atoms with Gasteiger partial charge in [-0.25, -0.2) is 0 Å². The first kappa shape index (κ1) is 14.2. The number of amides is 1. The number of carbonyl (C=O) groups is 1. The number of rotatable bonds is 6. The van der Waals surface area contributed by atoms with Crippen LogP contribution in [-0.4, -0.2) is 22.6 Å². The Bertz CT molecular complexity index is 538. The molecule has 4 nitrogen and oxygen atoms in total. The number of hydrogen-bond donors (Lipinski definition) is 2. The van der Waals surface area contributed by atoms with Gasteiger partial charge in [0, 0.05) is 30.6 Å². The number of aryl methyl sites for hydroxylation is 1. The molecule has 0 aliphatic heterocycles. The van der Waals surface area contributed by atoms with E-state index >= 15 is 0 Å². The van der Waals surface area contributed by atoms with Gasteiger partial charge in [-0.05, 0) is 42.7 Å². The van der Waals surface area contributed by atoms with Crippen molar-refractivity contribution in [3.05, 3.63) is 59.9 Å². The molecule has 0 spiro atoms. The zero-order chi connectivity index (χ0) is 14.2. The molecular formula is C16H18N2O2. The standard InChI is InChI=1S/C16H18N2O2/c19-12-10-13-4-6-15(7-5-13)18-16(20)9-8-14-3-1-2-11-17-14/h1-7,11,19H,8-10,12H2,(H,18,20). The van der Waals surface area contributed by atoms with Crippen molar-refractivity contribution in [1.29, 1.82) is 0 Å². The number of aliphatic hydroxyl groups is 1. The van der Waals surface area contributed by atoms with Gasteiger partial charge in [0.05, 0.1) is 0 Å². The van der Waals surface area contributed by atoms with Crippen LogP contribution in [0.15, 0.2) is 48.7 Å². The van der Waals surface area contributed by atoms with E-state index in [9.17, 15) is 4.79 Å². The van der Waals surface area contributed by atoms with Crippen LogP contribution in [0.4, 0.5) is 5.69 Å². The van der Waals surface area contributed by atoms with E-state index in [2.05, 4.69) is 10.3 Å². The first-order valence-electron chi connectivity index (χ1n) is 6.67. The minimum atomic E-state index is -0.0226. The minimum absolute atomic E-state index is 0.0226. The predicted octanol–water partition coefficient (Wildman–Crippen LogP) is 2.19. The largest absolute Gasteiger partial charge is 0.396 e. The Morgan fingerprint density at radius 2 is 1.90 bits per heavy atom. The van der Waals surface area contributed by atoms with Crippen LogP contribution in [0, 0.1) is 0 Å². The fourth-order valence-electron chi connectivity index (χ4n) is 1.89. The van der Waals surface area contributed by atoms with E-state index in [-0.39, 0.29) is 12.5 Å². The van der Waals surface area contributed by atoms with E-state index in [1.54, 1.807) is 6.20 Å². The summed E-state index contributed by atoms with van der Waals surface area (Å²) in [5.41, 5.74) is 2.75. The Hall–Kier alpha value is -2.20. The van der Waals surface area contributed by atoms with Crippen LogP contribution < -0.4 is 5.32 Å². The summed E-state index contributed by atoms with van der Waals surface area (Å²) >= 11 is 0. The number of hydrogen-bond acceptors (Lipinski definition) is 3. The Labute approximate surface area is 118 Å². The van der Waals surface area contributed by atoms with Crippen molar-refractivity contribution >= 4 is 11.6 Å². The summed E-state index contributed by atoms with van der Waals surface area (Å²) in [6, 6.07) is 13.2. The first-order chi connectivity index (χ1) is 9.78. The Morgan fingerprint density at radius 1 is 1.10 bits per heavy atom. The summed E-state index contributed by atoms with van der Waals surface area (Å²) in [5.74, 6) is -0.0226. The maximum atomic E-state index is 11.8. The lowest BCUT2D eigenvalue weighted by Crippen LogP contribution is -2.12. The van der Waals surface area contributed by atoms with Gasteiger partial charge in [0.2, 0.25) is 5.91 Å². The third-order valence-electron chi connectivity index (χ3n) is 2.97. The number of anilines is 1. The van der Waals surface area contributed by atoms with E-state index in [1.807, 2.05) is 42.5 Å². The monoisotopic (exact) mass is 270 g/mol. The summed E-state index contributed by atoms with van der Waals surface area (Å²) in [7, 11) is 0. The molecule has 0 saturated heterocycles. The molecule has 0 atom stereocenters. The lowest BCUT2D eigenvalue weighted by atomic mass is 10.1. The number of aromatic nitrogens is 1. The Kier molecular flexibility index (Phi) is 5.26. The summed E-state index contributed by atoms with van der Waals surface area (Å²) in [6.45, 7) is 0.135. The Balaban J connectivity index is 1.82. The lowest BCUT2D eigenvalue weighted by molar-refractivity contribution is -0.116. The summed E-state index contributed by atoms with van der Waals surface area (Å²) in [4.78, 5) is 16.0. The molecule has 0 aliphatic rings. The molecule has 2 rings (SSSR count). The highest BCUT2D eigenvalue weighted by molar-refractivity contribution is 5.90. The predicted molar refractivity (Wildman–Crippen MR) is 78.4 cm³/mol. The van der Waals surface area contributed by atoms with Gasteiger partial charge in [0.1, 0.15) is 0 Å². The van der Waals surface area contributed by atoms with E-state index in [1.165, 1.54) is 0 Å². The Morgan fingerprint density at radius 3 is 2.55 bits per heavy atom. The molecule has 1 aromatic heterocycles. The van der Waals surface area contributed by atoms with Crippen molar-refractivity contribution in [2.24, 2.45) is 0 Å².